The van der Waals surface area contributed by atoms with Gasteiger partial charge in [0.25, 0.3) is 20.2 Å². The molecule has 8 heteroatoms. The third-order valence-corrected chi connectivity index (χ3v) is 5.31. The van der Waals surface area contributed by atoms with E-state index in [4.69, 9.17) is 8.37 Å². The molecule has 1 aliphatic carbocycles. The van der Waals surface area contributed by atoms with Gasteiger partial charge in [-0.05, 0) is 38.3 Å². The second-order valence-electron chi connectivity index (χ2n) is 5.35. The highest BCUT2D eigenvalue weighted by atomic mass is 32.2. The minimum atomic E-state index is -3.92. The molecule has 0 aromatic heterocycles. The van der Waals surface area contributed by atoms with Crippen molar-refractivity contribution in [3.63, 3.8) is 0 Å². The van der Waals surface area contributed by atoms with Crippen molar-refractivity contribution >= 4 is 20.2 Å². The summed E-state index contributed by atoms with van der Waals surface area (Å²) in [6.45, 7) is 1.55. The normalized spacial score (nSPS) is 18.2. The van der Waals surface area contributed by atoms with Crippen molar-refractivity contribution in [3.8, 4) is 0 Å². The van der Waals surface area contributed by atoms with Crippen LogP contribution in [0.15, 0.2) is 29.2 Å². The van der Waals surface area contributed by atoms with Crippen LogP contribution < -0.4 is 0 Å². The Balaban J connectivity index is 2.09. The first-order valence-corrected chi connectivity index (χ1v) is 9.71. The Kier molecular flexibility index (Phi) is 4.44. The summed E-state index contributed by atoms with van der Waals surface area (Å²) in [6, 6.07) is 6.25. The minimum absolute atomic E-state index is 0.0435. The van der Waals surface area contributed by atoms with Crippen LogP contribution in [0, 0.1) is 6.92 Å². The average Bonchev–Trinajstić information content (AvgIpc) is 2.32. The van der Waals surface area contributed by atoms with Gasteiger partial charge < -0.3 is 0 Å². The lowest BCUT2D eigenvalue weighted by molar-refractivity contribution is -0.0363. The zero-order chi connectivity index (χ0) is 15.7. The van der Waals surface area contributed by atoms with Crippen LogP contribution in [-0.4, -0.2) is 35.3 Å². The van der Waals surface area contributed by atoms with Crippen LogP contribution in [0.3, 0.4) is 0 Å². The van der Waals surface area contributed by atoms with E-state index < -0.39 is 25.8 Å². The van der Waals surface area contributed by atoms with E-state index in [1.54, 1.807) is 12.1 Å². The minimum Gasteiger partial charge on any atom is -0.263 e. The van der Waals surface area contributed by atoms with Crippen molar-refractivity contribution in [3.05, 3.63) is 29.8 Å². The zero-order valence-electron chi connectivity index (χ0n) is 11.9. The highest BCUT2D eigenvalue weighted by molar-refractivity contribution is 7.86. The van der Waals surface area contributed by atoms with Crippen LogP contribution >= 0.6 is 0 Å². The van der Waals surface area contributed by atoms with Crippen molar-refractivity contribution < 1.29 is 25.2 Å². The fourth-order valence-corrected chi connectivity index (χ4v) is 3.93. The van der Waals surface area contributed by atoms with Gasteiger partial charge in [-0.3, -0.25) is 8.37 Å². The molecule has 0 bridgehead atoms. The highest BCUT2D eigenvalue weighted by Crippen LogP contribution is 2.37. The molecule has 1 aromatic rings. The molecule has 2 rings (SSSR count). The summed E-state index contributed by atoms with van der Waals surface area (Å²) >= 11 is 0. The van der Waals surface area contributed by atoms with E-state index in [9.17, 15) is 16.8 Å². The molecule has 0 radical (unpaired) electrons. The Labute approximate surface area is 125 Å². The van der Waals surface area contributed by atoms with Crippen molar-refractivity contribution in [1.82, 2.24) is 0 Å². The standard InChI is InChI=1S/C13H18O6S2/c1-11-4-6-12(7-5-11)21(16,17)18-10-13(8-3-9-13)19-20(2,14)15/h4-7H,3,8-10H2,1-2H3. The second-order valence-corrected chi connectivity index (χ2v) is 8.54. The van der Waals surface area contributed by atoms with Crippen LogP contribution in [0.1, 0.15) is 24.8 Å². The van der Waals surface area contributed by atoms with Crippen LogP contribution in [0.2, 0.25) is 0 Å². The van der Waals surface area contributed by atoms with Crippen LogP contribution in [0.5, 0.6) is 0 Å². The third kappa shape index (κ3) is 4.26. The van der Waals surface area contributed by atoms with E-state index in [-0.39, 0.29) is 11.5 Å². The molecular weight excluding hydrogens is 316 g/mol. The Morgan fingerprint density at radius 3 is 2.10 bits per heavy atom. The summed E-state index contributed by atoms with van der Waals surface area (Å²) in [7, 11) is -7.57. The van der Waals surface area contributed by atoms with Crippen molar-refractivity contribution in [2.24, 2.45) is 0 Å². The summed E-state index contributed by atoms with van der Waals surface area (Å²) in [5, 5.41) is 0. The van der Waals surface area contributed by atoms with E-state index in [0.717, 1.165) is 18.2 Å². The lowest BCUT2D eigenvalue weighted by Crippen LogP contribution is -2.46. The molecule has 1 saturated carbocycles. The topological polar surface area (TPSA) is 86.7 Å². The van der Waals surface area contributed by atoms with Crippen LogP contribution in [0.4, 0.5) is 0 Å². The van der Waals surface area contributed by atoms with Gasteiger partial charge in [-0.15, -0.1) is 0 Å². The second kappa shape index (κ2) is 5.68. The maximum atomic E-state index is 12.1. The van der Waals surface area contributed by atoms with E-state index in [2.05, 4.69) is 0 Å². The molecule has 6 nitrogen and oxygen atoms in total. The Morgan fingerprint density at radius 1 is 1.10 bits per heavy atom. The summed E-state index contributed by atoms with van der Waals surface area (Å²) in [5.74, 6) is 0. The number of benzene rings is 1. The maximum absolute atomic E-state index is 12.1. The molecule has 0 amide bonds. The Bertz CT molecular complexity index is 700. The number of hydrogen-bond acceptors (Lipinski definition) is 6. The van der Waals surface area contributed by atoms with E-state index in [0.29, 0.717) is 12.8 Å². The summed E-state index contributed by atoms with van der Waals surface area (Å²) in [4.78, 5) is 0.0435. The van der Waals surface area contributed by atoms with E-state index >= 15 is 0 Å². The van der Waals surface area contributed by atoms with Gasteiger partial charge in [0.15, 0.2) is 0 Å². The fraction of sp³-hybridized carbons (Fsp3) is 0.538. The first-order valence-electron chi connectivity index (χ1n) is 6.49. The van der Waals surface area contributed by atoms with Gasteiger partial charge in [0.1, 0.15) is 5.60 Å². The summed E-state index contributed by atoms with van der Waals surface area (Å²) < 4.78 is 56.6. The molecule has 118 valence electrons. The molecule has 21 heavy (non-hydrogen) atoms. The molecule has 0 unspecified atom stereocenters. The van der Waals surface area contributed by atoms with E-state index in [1.165, 1.54) is 12.1 Å². The maximum Gasteiger partial charge on any atom is 0.297 e. The quantitative estimate of drug-likeness (QED) is 0.734. The van der Waals surface area contributed by atoms with E-state index in [1.807, 2.05) is 6.92 Å². The molecule has 0 spiro atoms. The predicted molar refractivity (Wildman–Crippen MR) is 76.8 cm³/mol. The predicted octanol–water partition coefficient (Wildman–Crippen LogP) is 1.60. The van der Waals surface area contributed by atoms with Gasteiger partial charge in [0.2, 0.25) is 0 Å². The largest absolute Gasteiger partial charge is 0.297 e. The SMILES string of the molecule is Cc1ccc(S(=O)(=O)OCC2(OS(C)(=O)=O)CCC2)cc1. The molecule has 0 heterocycles. The van der Waals surface area contributed by atoms with Crippen LogP contribution in [0.25, 0.3) is 0 Å². The molecule has 0 N–H and O–H groups in total. The lowest BCUT2D eigenvalue weighted by atomic mass is 9.81. The van der Waals surface area contributed by atoms with Crippen molar-refractivity contribution in [2.75, 3.05) is 12.9 Å². The summed E-state index contributed by atoms with van der Waals surface area (Å²) in [6.07, 6.45) is 2.65. The van der Waals surface area contributed by atoms with Gasteiger partial charge in [-0.1, -0.05) is 17.7 Å². The molecular formula is C13H18O6S2. The van der Waals surface area contributed by atoms with Crippen LogP contribution in [-0.2, 0) is 28.6 Å². The molecule has 0 aliphatic heterocycles. The highest BCUT2D eigenvalue weighted by Gasteiger charge is 2.43. The van der Waals surface area contributed by atoms with Gasteiger partial charge >= 0.3 is 0 Å². The third-order valence-electron chi connectivity index (χ3n) is 3.38. The Hall–Kier alpha value is -0.960. The number of rotatable bonds is 6. The molecule has 1 fully saturated rings. The average molecular weight is 334 g/mol. The molecule has 0 atom stereocenters. The van der Waals surface area contributed by atoms with Gasteiger partial charge in [-0.25, -0.2) is 0 Å². The summed E-state index contributed by atoms with van der Waals surface area (Å²) in [5.41, 5.74) is -0.115. The molecule has 1 aliphatic rings. The lowest BCUT2D eigenvalue weighted by Gasteiger charge is -2.39. The van der Waals surface area contributed by atoms with Gasteiger partial charge in [0.05, 0.1) is 17.8 Å². The Morgan fingerprint density at radius 2 is 1.67 bits per heavy atom. The first kappa shape index (κ1) is 16.4. The van der Waals surface area contributed by atoms with Crippen molar-refractivity contribution in [1.29, 1.82) is 0 Å². The van der Waals surface area contributed by atoms with Gasteiger partial charge in [0, 0.05) is 0 Å². The van der Waals surface area contributed by atoms with Crippen molar-refractivity contribution in [2.45, 2.75) is 36.7 Å². The monoisotopic (exact) mass is 334 g/mol. The number of aryl methyl sites for hydroxylation is 1. The molecule has 0 saturated heterocycles. The van der Waals surface area contributed by atoms with Gasteiger partial charge in [-0.2, -0.15) is 16.8 Å². The first-order chi connectivity index (χ1) is 9.62. The smallest absolute Gasteiger partial charge is 0.263 e. The number of hydrogen-bond donors (Lipinski definition) is 0. The molecule has 1 aromatic carbocycles. The zero-order valence-corrected chi connectivity index (χ0v) is 13.5. The fourth-order valence-electron chi connectivity index (χ4n) is 2.10.